The number of benzene rings is 2. The zero-order valence-electron chi connectivity index (χ0n) is 12.5. The number of nitrogens with one attached hydrogen (secondary N) is 2. The zero-order valence-corrected chi connectivity index (χ0v) is 13.3. The van der Waals surface area contributed by atoms with Gasteiger partial charge < -0.3 is 15.4 Å². The van der Waals surface area contributed by atoms with Crippen molar-refractivity contribution in [1.82, 2.24) is 5.32 Å². The summed E-state index contributed by atoms with van der Waals surface area (Å²) < 4.78 is 5.24. The van der Waals surface area contributed by atoms with E-state index in [1.165, 1.54) is 5.56 Å². The molecule has 2 aromatic rings. The van der Waals surface area contributed by atoms with Gasteiger partial charge in [0.15, 0.2) is 5.11 Å². The Hall–Kier alpha value is -2.07. The number of hydrogen-bond acceptors (Lipinski definition) is 2. The van der Waals surface area contributed by atoms with Crippen LogP contribution in [-0.4, -0.2) is 12.2 Å². The second kappa shape index (κ2) is 7.09. The molecule has 0 saturated carbocycles. The van der Waals surface area contributed by atoms with E-state index in [0.29, 0.717) is 5.11 Å². The second-order valence-corrected chi connectivity index (χ2v) is 5.37. The van der Waals surface area contributed by atoms with Gasteiger partial charge in [0.25, 0.3) is 0 Å². The third-order valence-electron chi connectivity index (χ3n) is 3.22. The van der Waals surface area contributed by atoms with Gasteiger partial charge in [-0.05, 0) is 61.5 Å². The summed E-state index contributed by atoms with van der Waals surface area (Å²) in [5.41, 5.74) is 3.32. The van der Waals surface area contributed by atoms with E-state index in [0.717, 1.165) is 17.0 Å². The predicted octanol–water partition coefficient (Wildman–Crippen LogP) is 4.05. The Labute approximate surface area is 131 Å². The van der Waals surface area contributed by atoms with Gasteiger partial charge in [0.1, 0.15) is 5.75 Å². The van der Waals surface area contributed by atoms with Gasteiger partial charge in [0, 0.05) is 5.69 Å². The molecule has 2 N–H and O–H groups in total. The number of rotatable bonds is 4. The predicted molar refractivity (Wildman–Crippen MR) is 91.9 cm³/mol. The lowest BCUT2D eigenvalue weighted by atomic mass is 10.1. The minimum absolute atomic E-state index is 0.102. The average molecular weight is 300 g/mol. The van der Waals surface area contributed by atoms with Crippen molar-refractivity contribution in [2.45, 2.75) is 19.9 Å². The molecule has 0 radical (unpaired) electrons. The van der Waals surface area contributed by atoms with Gasteiger partial charge >= 0.3 is 0 Å². The van der Waals surface area contributed by atoms with Crippen LogP contribution in [0.2, 0.25) is 0 Å². The fourth-order valence-electron chi connectivity index (χ4n) is 2.08. The molecule has 0 bridgehead atoms. The van der Waals surface area contributed by atoms with Gasteiger partial charge in [-0.15, -0.1) is 0 Å². The number of aryl methyl sites for hydroxylation is 1. The van der Waals surface area contributed by atoms with Crippen molar-refractivity contribution in [2.24, 2.45) is 0 Å². The second-order valence-electron chi connectivity index (χ2n) is 4.97. The van der Waals surface area contributed by atoms with Crippen LogP contribution in [0.15, 0.2) is 48.5 Å². The Morgan fingerprint density at radius 1 is 1.14 bits per heavy atom. The van der Waals surface area contributed by atoms with E-state index in [4.69, 9.17) is 17.0 Å². The minimum Gasteiger partial charge on any atom is -0.497 e. The molecule has 0 aromatic heterocycles. The van der Waals surface area contributed by atoms with Gasteiger partial charge in [-0.25, -0.2) is 0 Å². The van der Waals surface area contributed by atoms with Crippen LogP contribution in [0.1, 0.15) is 24.1 Å². The van der Waals surface area contributed by atoms with Crippen LogP contribution >= 0.6 is 12.2 Å². The van der Waals surface area contributed by atoms with Gasteiger partial charge in [0.05, 0.1) is 13.2 Å². The summed E-state index contributed by atoms with van der Waals surface area (Å²) in [7, 11) is 1.67. The van der Waals surface area contributed by atoms with Crippen LogP contribution in [0.5, 0.6) is 5.75 Å². The first kappa shape index (κ1) is 15.3. The molecule has 21 heavy (non-hydrogen) atoms. The van der Waals surface area contributed by atoms with Crippen molar-refractivity contribution < 1.29 is 4.74 Å². The van der Waals surface area contributed by atoms with E-state index in [1.807, 2.05) is 30.3 Å². The van der Waals surface area contributed by atoms with E-state index in [2.05, 4.69) is 42.7 Å². The summed E-state index contributed by atoms with van der Waals surface area (Å²) in [4.78, 5) is 0. The summed E-state index contributed by atoms with van der Waals surface area (Å²) in [6.07, 6.45) is 0. The van der Waals surface area contributed by atoms with Crippen LogP contribution in [0, 0.1) is 6.92 Å². The van der Waals surface area contributed by atoms with Gasteiger partial charge in [-0.1, -0.05) is 24.3 Å². The van der Waals surface area contributed by atoms with Crippen LogP contribution in [0.3, 0.4) is 0 Å². The molecule has 0 unspecified atom stereocenters. The summed E-state index contributed by atoms with van der Waals surface area (Å²) >= 11 is 5.36. The van der Waals surface area contributed by atoms with Gasteiger partial charge in [-0.3, -0.25) is 0 Å². The van der Waals surface area contributed by atoms with Crippen molar-refractivity contribution in [3.63, 3.8) is 0 Å². The molecule has 3 nitrogen and oxygen atoms in total. The SMILES string of the molecule is COc1cccc([C@H](C)NC(=S)Nc2cccc(C)c2)c1. The molecule has 1 atom stereocenters. The first-order chi connectivity index (χ1) is 10.1. The van der Waals surface area contributed by atoms with Crippen molar-refractivity contribution in [3.05, 3.63) is 59.7 Å². The number of thiocarbonyl (C=S) groups is 1. The molecule has 0 aliphatic carbocycles. The molecule has 0 saturated heterocycles. The highest BCUT2D eigenvalue weighted by Crippen LogP contribution is 2.19. The number of methoxy groups -OCH3 is 1. The lowest BCUT2D eigenvalue weighted by Gasteiger charge is -2.18. The molecule has 110 valence electrons. The Morgan fingerprint density at radius 2 is 1.90 bits per heavy atom. The minimum atomic E-state index is 0.102. The summed E-state index contributed by atoms with van der Waals surface area (Å²) in [6.45, 7) is 4.12. The quantitative estimate of drug-likeness (QED) is 0.835. The first-order valence-electron chi connectivity index (χ1n) is 6.86. The van der Waals surface area contributed by atoms with E-state index in [-0.39, 0.29) is 6.04 Å². The highest BCUT2D eigenvalue weighted by atomic mass is 32.1. The third kappa shape index (κ3) is 4.46. The molecule has 0 aliphatic heterocycles. The lowest BCUT2D eigenvalue weighted by molar-refractivity contribution is 0.413. The van der Waals surface area contributed by atoms with Crippen molar-refractivity contribution >= 4 is 23.0 Å². The smallest absolute Gasteiger partial charge is 0.171 e. The van der Waals surface area contributed by atoms with E-state index in [9.17, 15) is 0 Å². The van der Waals surface area contributed by atoms with E-state index in [1.54, 1.807) is 7.11 Å². The van der Waals surface area contributed by atoms with E-state index >= 15 is 0 Å². The molecule has 0 aliphatic rings. The van der Waals surface area contributed by atoms with Crippen molar-refractivity contribution in [1.29, 1.82) is 0 Å². The normalized spacial score (nSPS) is 11.6. The molecule has 0 fully saturated rings. The monoisotopic (exact) mass is 300 g/mol. The van der Waals surface area contributed by atoms with Crippen molar-refractivity contribution in [3.8, 4) is 5.75 Å². The Balaban J connectivity index is 1.98. The van der Waals surface area contributed by atoms with Crippen LogP contribution in [0.25, 0.3) is 0 Å². The zero-order chi connectivity index (χ0) is 15.2. The lowest BCUT2D eigenvalue weighted by Crippen LogP contribution is -2.30. The van der Waals surface area contributed by atoms with E-state index < -0.39 is 0 Å². The van der Waals surface area contributed by atoms with Crippen LogP contribution < -0.4 is 15.4 Å². The first-order valence-corrected chi connectivity index (χ1v) is 7.27. The third-order valence-corrected chi connectivity index (χ3v) is 3.44. The molecule has 4 heteroatoms. The Kier molecular flexibility index (Phi) is 5.17. The summed E-state index contributed by atoms with van der Waals surface area (Å²) in [5.74, 6) is 0.846. The standard InChI is InChI=1S/C17H20N2OS/c1-12-6-4-8-15(10-12)19-17(21)18-13(2)14-7-5-9-16(11-14)20-3/h4-11,13H,1-3H3,(H2,18,19,21)/t13-/m0/s1. The molecular weight excluding hydrogens is 280 g/mol. The topological polar surface area (TPSA) is 33.3 Å². The highest BCUT2D eigenvalue weighted by Gasteiger charge is 2.08. The molecule has 0 spiro atoms. The average Bonchev–Trinajstić information content (AvgIpc) is 2.47. The number of hydrogen-bond donors (Lipinski definition) is 2. The molecule has 0 heterocycles. The van der Waals surface area contributed by atoms with Gasteiger partial charge in [-0.2, -0.15) is 0 Å². The molecule has 2 aromatic carbocycles. The van der Waals surface area contributed by atoms with Crippen LogP contribution in [-0.2, 0) is 0 Å². The van der Waals surface area contributed by atoms with Gasteiger partial charge in [0.2, 0.25) is 0 Å². The molecule has 0 amide bonds. The molecular formula is C17H20N2OS. The maximum atomic E-state index is 5.36. The Bertz CT molecular complexity index is 628. The fourth-order valence-corrected chi connectivity index (χ4v) is 2.38. The summed E-state index contributed by atoms with van der Waals surface area (Å²) in [6, 6.07) is 16.2. The molecule has 2 rings (SSSR count). The highest BCUT2D eigenvalue weighted by molar-refractivity contribution is 7.80. The Morgan fingerprint density at radius 3 is 2.62 bits per heavy atom. The maximum absolute atomic E-state index is 5.36. The van der Waals surface area contributed by atoms with Crippen molar-refractivity contribution in [2.75, 3.05) is 12.4 Å². The fraction of sp³-hybridized carbons (Fsp3) is 0.235. The summed E-state index contributed by atoms with van der Waals surface area (Å²) in [5, 5.41) is 7.09. The largest absolute Gasteiger partial charge is 0.497 e. The maximum Gasteiger partial charge on any atom is 0.171 e. The number of anilines is 1. The number of ether oxygens (including phenoxy) is 1. The van der Waals surface area contributed by atoms with Crippen LogP contribution in [0.4, 0.5) is 5.69 Å².